The van der Waals surface area contributed by atoms with Gasteiger partial charge in [0.05, 0.1) is 25.9 Å². The fourth-order valence-electron chi connectivity index (χ4n) is 3.74. The number of aromatic nitrogens is 3. The van der Waals surface area contributed by atoms with Crippen LogP contribution < -0.4 is 24.8 Å². The van der Waals surface area contributed by atoms with Crippen molar-refractivity contribution in [3.05, 3.63) is 84.6 Å². The number of anilines is 1. The number of hydrogen-bond acceptors (Lipinski definition) is 7. The van der Waals surface area contributed by atoms with Gasteiger partial charge in [-0.05, 0) is 43.4 Å². The van der Waals surface area contributed by atoms with Crippen LogP contribution in [-0.4, -0.2) is 40.0 Å². The van der Waals surface area contributed by atoms with Crippen molar-refractivity contribution >= 4 is 45.9 Å². The minimum atomic E-state index is -0.633. The standard InChI is InChI=1S/C28H26FN5O4S/c1-5-6-7-18-15-31-34(17(18)2)16-27(35)33-28(39)32-19-8-9-24(21(29)12-19)38-23-10-11-30-22-14-26(37-4)25(36-3)13-20(22)23/h5-15H,1,16H2,2-4H3,(H2,32,33,35,39)/b7-6-. The number of thiocarbonyl (C=S) groups is 1. The molecule has 200 valence electrons. The molecule has 0 aliphatic heterocycles. The van der Waals surface area contributed by atoms with Gasteiger partial charge in [-0.3, -0.25) is 14.5 Å². The van der Waals surface area contributed by atoms with Crippen molar-refractivity contribution in [2.24, 2.45) is 0 Å². The Bertz CT molecular complexity index is 1580. The number of pyridine rings is 1. The summed E-state index contributed by atoms with van der Waals surface area (Å²) in [5.41, 5.74) is 2.63. The summed E-state index contributed by atoms with van der Waals surface area (Å²) < 4.78 is 33.1. The van der Waals surface area contributed by atoms with Crippen LogP contribution in [0.1, 0.15) is 11.3 Å². The summed E-state index contributed by atoms with van der Waals surface area (Å²) >= 11 is 5.22. The molecular weight excluding hydrogens is 521 g/mol. The molecule has 4 rings (SSSR count). The van der Waals surface area contributed by atoms with Crippen molar-refractivity contribution in [2.75, 3.05) is 19.5 Å². The minimum Gasteiger partial charge on any atom is -0.493 e. The summed E-state index contributed by atoms with van der Waals surface area (Å²) in [6.07, 6.45) is 8.51. The van der Waals surface area contributed by atoms with E-state index in [0.29, 0.717) is 33.8 Å². The number of halogens is 1. The number of carbonyl (C=O) groups is 1. The van der Waals surface area contributed by atoms with Crippen molar-refractivity contribution in [3.8, 4) is 23.0 Å². The summed E-state index contributed by atoms with van der Waals surface area (Å²) in [5, 5.41) is 10.2. The van der Waals surface area contributed by atoms with E-state index in [1.165, 1.54) is 26.4 Å². The molecule has 0 bridgehead atoms. The molecule has 1 amide bonds. The van der Waals surface area contributed by atoms with E-state index in [0.717, 1.165) is 11.3 Å². The SMILES string of the molecule is C=C/C=C\c1cnn(CC(=O)NC(=S)Nc2ccc(Oc3ccnc4cc(OC)c(OC)cc34)c(F)c2)c1C. The average Bonchev–Trinajstić information content (AvgIpc) is 3.26. The Morgan fingerprint density at radius 1 is 1.13 bits per heavy atom. The number of allylic oxidation sites excluding steroid dienone is 2. The number of hydrogen-bond donors (Lipinski definition) is 2. The van der Waals surface area contributed by atoms with Crippen LogP contribution in [0.15, 0.2) is 67.5 Å². The molecule has 4 aromatic rings. The number of rotatable bonds is 9. The Morgan fingerprint density at radius 2 is 1.90 bits per heavy atom. The topological polar surface area (TPSA) is 99.5 Å². The van der Waals surface area contributed by atoms with Crippen LogP contribution >= 0.6 is 12.2 Å². The van der Waals surface area contributed by atoms with Crippen LogP contribution in [0, 0.1) is 12.7 Å². The number of fused-ring (bicyclic) bond motifs is 1. The Hall–Kier alpha value is -4.77. The van der Waals surface area contributed by atoms with E-state index in [9.17, 15) is 9.18 Å². The molecule has 39 heavy (non-hydrogen) atoms. The molecule has 0 fully saturated rings. The zero-order chi connectivity index (χ0) is 27.9. The van der Waals surface area contributed by atoms with Crippen molar-refractivity contribution in [1.82, 2.24) is 20.1 Å². The summed E-state index contributed by atoms with van der Waals surface area (Å²) in [4.78, 5) is 16.8. The fourth-order valence-corrected chi connectivity index (χ4v) is 3.97. The van der Waals surface area contributed by atoms with Gasteiger partial charge >= 0.3 is 0 Å². The van der Waals surface area contributed by atoms with Gasteiger partial charge in [0.2, 0.25) is 5.91 Å². The Kier molecular flexibility index (Phi) is 8.52. The first kappa shape index (κ1) is 27.3. The highest BCUT2D eigenvalue weighted by atomic mass is 32.1. The van der Waals surface area contributed by atoms with Crippen molar-refractivity contribution in [1.29, 1.82) is 0 Å². The zero-order valence-corrected chi connectivity index (χ0v) is 22.3. The molecule has 0 aliphatic carbocycles. The van der Waals surface area contributed by atoms with Crippen molar-refractivity contribution in [2.45, 2.75) is 13.5 Å². The smallest absolute Gasteiger partial charge is 0.247 e. The molecule has 0 unspecified atom stereocenters. The quantitative estimate of drug-likeness (QED) is 0.212. The van der Waals surface area contributed by atoms with E-state index in [-0.39, 0.29) is 23.3 Å². The van der Waals surface area contributed by atoms with E-state index < -0.39 is 5.82 Å². The van der Waals surface area contributed by atoms with Gasteiger partial charge in [0.1, 0.15) is 12.3 Å². The van der Waals surface area contributed by atoms with Gasteiger partial charge in [-0.25, -0.2) is 4.39 Å². The van der Waals surface area contributed by atoms with Gasteiger partial charge in [-0.2, -0.15) is 5.10 Å². The van der Waals surface area contributed by atoms with E-state index in [1.54, 1.807) is 53.5 Å². The first-order valence-electron chi connectivity index (χ1n) is 11.7. The number of amides is 1. The van der Waals surface area contributed by atoms with Crippen LogP contribution in [0.5, 0.6) is 23.0 Å². The summed E-state index contributed by atoms with van der Waals surface area (Å²) in [5.74, 6) is 0.381. The highest BCUT2D eigenvalue weighted by molar-refractivity contribution is 7.80. The molecule has 9 nitrogen and oxygen atoms in total. The highest BCUT2D eigenvalue weighted by Crippen LogP contribution is 2.37. The number of nitrogens with zero attached hydrogens (tertiary/aromatic N) is 3. The molecule has 0 atom stereocenters. The van der Waals surface area contributed by atoms with Crippen molar-refractivity contribution < 1.29 is 23.4 Å². The second-order valence-electron chi connectivity index (χ2n) is 8.22. The molecule has 0 spiro atoms. The number of benzene rings is 2. The highest BCUT2D eigenvalue weighted by Gasteiger charge is 2.14. The maximum Gasteiger partial charge on any atom is 0.247 e. The van der Waals surface area contributed by atoms with Crippen LogP contribution in [0.25, 0.3) is 17.0 Å². The molecule has 11 heteroatoms. The lowest BCUT2D eigenvalue weighted by Crippen LogP contribution is -2.36. The lowest BCUT2D eigenvalue weighted by Gasteiger charge is -2.14. The van der Waals surface area contributed by atoms with Crippen LogP contribution in [-0.2, 0) is 11.3 Å². The van der Waals surface area contributed by atoms with Crippen LogP contribution in [0.2, 0.25) is 0 Å². The molecule has 0 saturated carbocycles. The molecule has 0 aliphatic rings. The second-order valence-corrected chi connectivity index (χ2v) is 8.63. The van der Waals surface area contributed by atoms with Gasteiger partial charge in [0.15, 0.2) is 28.2 Å². The third kappa shape index (κ3) is 6.39. The maximum atomic E-state index is 15.0. The third-order valence-electron chi connectivity index (χ3n) is 5.72. The lowest BCUT2D eigenvalue weighted by molar-refractivity contribution is -0.120. The van der Waals surface area contributed by atoms with Gasteiger partial charge < -0.3 is 24.8 Å². The molecule has 2 N–H and O–H groups in total. The first-order valence-corrected chi connectivity index (χ1v) is 12.1. The fraction of sp³-hybridized carbons (Fsp3) is 0.143. The summed E-state index contributed by atoms with van der Waals surface area (Å²) in [6, 6.07) is 9.32. The van der Waals surface area contributed by atoms with Crippen molar-refractivity contribution in [3.63, 3.8) is 0 Å². The molecule has 0 saturated heterocycles. The van der Waals surface area contributed by atoms with Crippen LogP contribution in [0.4, 0.5) is 10.1 Å². The van der Waals surface area contributed by atoms with E-state index in [1.807, 2.05) is 13.0 Å². The molecule has 2 aromatic carbocycles. The number of nitrogens with one attached hydrogen (secondary N) is 2. The normalized spacial score (nSPS) is 10.9. The van der Waals surface area contributed by atoms with E-state index in [2.05, 4.69) is 27.3 Å². The maximum absolute atomic E-state index is 15.0. The molecular formula is C28H26FN5O4S. The van der Waals surface area contributed by atoms with E-state index >= 15 is 0 Å². The average molecular weight is 548 g/mol. The number of carbonyl (C=O) groups excluding carboxylic acids is 1. The predicted molar refractivity (Wildman–Crippen MR) is 152 cm³/mol. The zero-order valence-electron chi connectivity index (χ0n) is 21.5. The summed E-state index contributed by atoms with van der Waals surface area (Å²) in [7, 11) is 3.06. The largest absolute Gasteiger partial charge is 0.493 e. The Balaban J connectivity index is 1.41. The number of ether oxygens (including phenoxy) is 3. The summed E-state index contributed by atoms with van der Waals surface area (Å²) in [6.45, 7) is 5.46. The van der Waals surface area contributed by atoms with E-state index in [4.69, 9.17) is 26.4 Å². The monoisotopic (exact) mass is 547 g/mol. The molecule has 0 radical (unpaired) electrons. The molecule has 2 heterocycles. The lowest BCUT2D eigenvalue weighted by atomic mass is 10.2. The van der Waals surface area contributed by atoms with Crippen LogP contribution in [0.3, 0.4) is 0 Å². The van der Waals surface area contributed by atoms with Gasteiger partial charge in [-0.15, -0.1) is 0 Å². The first-order chi connectivity index (χ1) is 18.8. The predicted octanol–water partition coefficient (Wildman–Crippen LogP) is 5.40. The van der Waals surface area contributed by atoms with Gasteiger partial charge in [-0.1, -0.05) is 24.8 Å². The number of methoxy groups -OCH3 is 2. The van der Waals surface area contributed by atoms with Gasteiger partial charge in [0, 0.05) is 40.7 Å². The Morgan fingerprint density at radius 3 is 2.62 bits per heavy atom. The van der Waals surface area contributed by atoms with Gasteiger partial charge in [0.25, 0.3) is 0 Å². The second kappa shape index (κ2) is 12.2. The third-order valence-corrected chi connectivity index (χ3v) is 5.92. The Labute approximate surface area is 229 Å². The molecule has 2 aromatic heterocycles. The minimum absolute atomic E-state index is 0.00625.